The standard InChI is InChI=1S/C8H11BrN2O3S/c1-14-5-6-15(12,13)11-7-3-2-4-10-8(7)9/h2-4,11H,5-6H2,1H3. The molecule has 0 fully saturated rings. The summed E-state index contributed by atoms with van der Waals surface area (Å²) >= 11 is 3.15. The second-order valence-electron chi connectivity index (χ2n) is 2.76. The molecule has 0 aromatic carbocycles. The smallest absolute Gasteiger partial charge is 0.235 e. The molecule has 0 bridgehead atoms. The molecule has 1 aromatic heterocycles. The second kappa shape index (κ2) is 5.43. The van der Waals surface area contributed by atoms with E-state index in [9.17, 15) is 8.42 Å². The zero-order valence-corrected chi connectivity index (χ0v) is 10.5. The van der Waals surface area contributed by atoms with E-state index in [1.807, 2.05) is 0 Å². The van der Waals surface area contributed by atoms with Crippen LogP contribution in [0.4, 0.5) is 5.69 Å². The molecule has 0 saturated carbocycles. The van der Waals surface area contributed by atoms with E-state index < -0.39 is 10.0 Å². The Labute approximate surface area is 97.0 Å². The van der Waals surface area contributed by atoms with Crippen molar-refractivity contribution in [2.45, 2.75) is 0 Å². The van der Waals surface area contributed by atoms with E-state index in [4.69, 9.17) is 4.74 Å². The van der Waals surface area contributed by atoms with Crippen molar-refractivity contribution < 1.29 is 13.2 Å². The molecule has 1 rings (SSSR count). The van der Waals surface area contributed by atoms with E-state index in [2.05, 4.69) is 25.6 Å². The van der Waals surface area contributed by atoms with Gasteiger partial charge in [-0.2, -0.15) is 0 Å². The number of aromatic nitrogens is 1. The number of ether oxygens (including phenoxy) is 1. The molecule has 1 aromatic rings. The molecule has 1 heterocycles. The minimum atomic E-state index is -3.36. The molecule has 7 heteroatoms. The molecule has 0 atom stereocenters. The van der Waals surface area contributed by atoms with Crippen LogP contribution in [-0.2, 0) is 14.8 Å². The Hall–Kier alpha value is -0.660. The van der Waals surface area contributed by atoms with Gasteiger partial charge in [-0.15, -0.1) is 0 Å². The van der Waals surface area contributed by atoms with Crippen molar-refractivity contribution in [1.29, 1.82) is 0 Å². The summed E-state index contributed by atoms with van der Waals surface area (Å²) in [6.07, 6.45) is 1.57. The van der Waals surface area contributed by atoms with Crippen LogP contribution in [0.2, 0.25) is 0 Å². The fourth-order valence-corrected chi connectivity index (χ4v) is 2.34. The van der Waals surface area contributed by atoms with Crippen LogP contribution in [-0.4, -0.2) is 32.9 Å². The SMILES string of the molecule is COCCS(=O)(=O)Nc1cccnc1Br. The van der Waals surface area contributed by atoms with Crippen molar-refractivity contribution in [1.82, 2.24) is 4.98 Å². The highest BCUT2D eigenvalue weighted by Crippen LogP contribution is 2.19. The van der Waals surface area contributed by atoms with E-state index in [1.54, 1.807) is 18.3 Å². The Morgan fingerprint density at radius 2 is 2.33 bits per heavy atom. The molecule has 15 heavy (non-hydrogen) atoms. The van der Waals surface area contributed by atoms with Gasteiger partial charge in [-0.05, 0) is 28.1 Å². The zero-order valence-electron chi connectivity index (χ0n) is 8.10. The third-order valence-electron chi connectivity index (χ3n) is 1.58. The summed E-state index contributed by atoms with van der Waals surface area (Å²) in [5, 5.41) is 0. The molecule has 1 N–H and O–H groups in total. The minimum Gasteiger partial charge on any atom is -0.384 e. The summed E-state index contributed by atoms with van der Waals surface area (Å²) in [5.74, 6) is -0.0785. The predicted molar refractivity (Wildman–Crippen MR) is 61.2 cm³/mol. The maximum atomic E-state index is 11.5. The molecular formula is C8H11BrN2O3S. The average molecular weight is 295 g/mol. The van der Waals surface area contributed by atoms with Gasteiger partial charge in [-0.25, -0.2) is 13.4 Å². The topological polar surface area (TPSA) is 68.3 Å². The summed E-state index contributed by atoms with van der Waals surface area (Å²) in [7, 11) is -1.91. The fourth-order valence-electron chi connectivity index (χ4n) is 0.874. The lowest BCUT2D eigenvalue weighted by atomic mass is 10.4. The van der Waals surface area contributed by atoms with Gasteiger partial charge in [0.25, 0.3) is 0 Å². The van der Waals surface area contributed by atoms with Crippen molar-refractivity contribution in [3.8, 4) is 0 Å². The highest BCUT2D eigenvalue weighted by molar-refractivity contribution is 9.10. The molecule has 0 saturated heterocycles. The Bertz CT molecular complexity index is 422. The maximum absolute atomic E-state index is 11.5. The molecule has 0 aliphatic heterocycles. The van der Waals surface area contributed by atoms with Gasteiger partial charge in [0.05, 0.1) is 18.0 Å². The van der Waals surface area contributed by atoms with E-state index in [0.717, 1.165) is 0 Å². The van der Waals surface area contributed by atoms with Gasteiger partial charge in [0.1, 0.15) is 4.60 Å². The van der Waals surface area contributed by atoms with Gasteiger partial charge in [0.2, 0.25) is 10.0 Å². The number of nitrogens with zero attached hydrogens (tertiary/aromatic N) is 1. The first-order chi connectivity index (χ1) is 7.05. The van der Waals surface area contributed by atoms with Crippen LogP contribution in [0.1, 0.15) is 0 Å². The van der Waals surface area contributed by atoms with Crippen LogP contribution in [0, 0.1) is 0 Å². The Balaban J connectivity index is 2.74. The second-order valence-corrected chi connectivity index (χ2v) is 5.35. The molecule has 84 valence electrons. The number of methoxy groups -OCH3 is 1. The number of nitrogens with one attached hydrogen (secondary N) is 1. The monoisotopic (exact) mass is 294 g/mol. The first-order valence-corrected chi connectivity index (χ1v) is 6.59. The number of hydrogen-bond donors (Lipinski definition) is 1. The lowest BCUT2D eigenvalue weighted by molar-refractivity contribution is 0.217. The summed E-state index contributed by atoms with van der Waals surface area (Å²) < 4.78 is 30.5. The quantitative estimate of drug-likeness (QED) is 0.830. The van der Waals surface area contributed by atoms with E-state index in [1.165, 1.54) is 7.11 Å². The van der Waals surface area contributed by atoms with E-state index in [0.29, 0.717) is 10.3 Å². The molecular weight excluding hydrogens is 284 g/mol. The lowest BCUT2D eigenvalue weighted by Gasteiger charge is -2.08. The first-order valence-electron chi connectivity index (χ1n) is 4.15. The van der Waals surface area contributed by atoms with E-state index in [-0.39, 0.29) is 12.4 Å². The number of anilines is 1. The van der Waals surface area contributed by atoms with Gasteiger partial charge in [0, 0.05) is 13.3 Å². The van der Waals surface area contributed by atoms with Crippen molar-refractivity contribution in [2.24, 2.45) is 0 Å². The number of hydrogen-bond acceptors (Lipinski definition) is 4. The van der Waals surface area contributed by atoms with Crippen LogP contribution in [0.5, 0.6) is 0 Å². The summed E-state index contributed by atoms with van der Waals surface area (Å²) in [4.78, 5) is 3.90. The van der Waals surface area contributed by atoms with Crippen molar-refractivity contribution in [3.05, 3.63) is 22.9 Å². The normalized spacial score (nSPS) is 11.3. The van der Waals surface area contributed by atoms with Gasteiger partial charge < -0.3 is 4.74 Å². The summed E-state index contributed by atoms with van der Waals surface area (Å²) in [5.41, 5.74) is 0.425. The van der Waals surface area contributed by atoms with E-state index >= 15 is 0 Å². The zero-order chi connectivity index (χ0) is 11.3. The highest BCUT2D eigenvalue weighted by atomic mass is 79.9. The lowest BCUT2D eigenvalue weighted by Crippen LogP contribution is -2.20. The Morgan fingerprint density at radius 3 is 2.93 bits per heavy atom. The van der Waals surface area contributed by atoms with Crippen LogP contribution in [0.25, 0.3) is 0 Å². The fraction of sp³-hybridized carbons (Fsp3) is 0.375. The third kappa shape index (κ3) is 4.15. The maximum Gasteiger partial charge on any atom is 0.235 e. The molecule has 5 nitrogen and oxygen atoms in total. The average Bonchev–Trinajstić information content (AvgIpc) is 2.18. The van der Waals surface area contributed by atoms with Crippen LogP contribution < -0.4 is 4.72 Å². The van der Waals surface area contributed by atoms with Gasteiger partial charge in [0.15, 0.2) is 0 Å². The van der Waals surface area contributed by atoms with Crippen LogP contribution >= 0.6 is 15.9 Å². The van der Waals surface area contributed by atoms with Crippen molar-refractivity contribution >= 4 is 31.6 Å². The Kier molecular flexibility index (Phi) is 4.49. The molecule has 0 radical (unpaired) electrons. The number of halogens is 1. The molecule has 0 aliphatic rings. The van der Waals surface area contributed by atoms with Crippen molar-refractivity contribution in [3.63, 3.8) is 0 Å². The van der Waals surface area contributed by atoms with Crippen LogP contribution in [0.3, 0.4) is 0 Å². The van der Waals surface area contributed by atoms with Crippen molar-refractivity contribution in [2.75, 3.05) is 24.2 Å². The van der Waals surface area contributed by atoms with Gasteiger partial charge >= 0.3 is 0 Å². The summed E-state index contributed by atoms with van der Waals surface area (Å²) in [6.45, 7) is 0.160. The summed E-state index contributed by atoms with van der Waals surface area (Å²) in [6, 6.07) is 3.28. The number of pyridine rings is 1. The van der Waals surface area contributed by atoms with Gasteiger partial charge in [-0.3, -0.25) is 4.72 Å². The minimum absolute atomic E-state index is 0.0785. The predicted octanol–water partition coefficient (Wildman–Crippen LogP) is 1.23. The number of rotatable bonds is 5. The third-order valence-corrected chi connectivity index (χ3v) is 3.45. The molecule has 0 amide bonds. The largest absolute Gasteiger partial charge is 0.384 e. The highest BCUT2D eigenvalue weighted by Gasteiger charge is 2.11. The Morgan fingerprint density at radius 1 is 1.60 bits per heavy atom. The first kappa shape index (κ1) is 12.4. The molecule has 0 aliphatic carbocycles. The molecule has 0 spiro atoms. The van der Waals surface area contributed by atoms with Crippen LogP contribution in [0.15, 0.2) is 22.9 Å². The molecule has 0 unspecified atom stereocenters. The van der Waals surface area contributed by atoms with Gasteiger partial charge in [-0.1, -0.05) is 0 Å². The number of sulfonamides is 1.